The minimum absolute atomic E-state index is 0.508. The van der Waals surface area contributed by atoms with Crippen LogP contribution in [0.3, 0.4) is 0 Å². The lowest BCUT2D eigenvalue weighted by Gasteiger charge is -2.08. The smallest absolute Gasteiger partial charge is 0.196 e. The van der Waals surface area contributed by atoms with Crippen molar-refractivity contribution in [1.82, 2.24) is 10.3 Å². The van der Waals surface area contributed by atoms with E-state index in [0.29, 0.717) is 6.04 Å². The van der Waals surface area contributed by atoms with Gasteiger partial charge in [-0.2, -0.15) is 0 Å². The average molecular weight is 290 g/mol. The van der Waals surface area contributed by atoms with Gasteiger partial charge in [-0.3, -0.25) is 0 Å². The molecule has 0 aromatic carbocycles. The number of thiophene rings is 1. The summed E-state index contributed by atoms with van der Waals surface area (Å²) in [5, 5.41) is 3.39. The van der Waals surface area contributed by atoms with E-state index in [1.807, 2.05) is 17.5 Å². The highest BCUT2D eigenvalue weighted by molar-refractivity contribution is 7.15. The first-order valence-corrected chi connectivity index (χ1v) is 8.34. The molecule has 0 bridgehead atoms. The zero-order valence-electron chi connectivity index (χ0n) is 12.2. The first kappa shape index (κ1) is 13.8. The quantitative estimate of drug-likeness (QED) is 0.909. The van der Waals surface area contributed by atoms with E-state index in [-0.39, 0.29) is 0 Å². The summed E-state index contributed by atoms with van der Waals surface area (Å²) < 4.78 is 5.89. The molecule has 108 valence electrons. The molecule has 0 aliphatic heterocycles. The van der Waals surface area contributed by atoms with Crippen LogP contribution in [0.25, 0.3) is 10.6 Å². The molecule has 3 nitrogen and oxygen atoms in total. The van der Waals surface area contributed by atoms with Crippen LogP contribution in [0.1, 0.15) is 43.0 Å². The summed E-state index contributed by atoms with van der Waals surface area (Å²) in [5.41, 5.74) is 1.52. The third kappa shape index (κ3) is 3.13. The normalized spacial score (nSPS) is 14.8. The maximum atomic E-state index is 5.89. The van der Waals surface area contributed by atoms with Gasteiger partial charge in [-0.05, 0) is 37.3 Å². The van der Waals surface area contributed by atoms with E-state index in [1.54, 1.807) is 4.88 Å². The summed E-state index contributed by atoms with van der Waals surface area (Å²) in [7, 11) is 0. The van der Waals surface area contributed by atoms with Crippen molar-refractivity contribution in [2.45, 2.75) is 52.0 Å². The van der Waals surface area contributed by atoms with Crippen molar-refractivity contribution < 1.29 is 4.42 Å². The second-order valence-corrected chi connectivity index (χ2v) is 6.88. The number of nitrogens with one attached hydrogen (secondary N) is 1. The topological polar surface area (TPSA) is 38.1 Å². The Balaban J connectivity index is 1.68. The molecule has 1 aliphatic rings. The van der Waals surface area contributed by atoms with Crippen molar-refractivity contribution in [2.24, 2.45) is 0 Å². The average Bonchev–Trinajstić information content (AvgIpc) is 3.03. The first-order chi connectivity index (χ1) is 9.72. The highest BCUT2D eigenvalue weighted by Crippen LogP contribution is 2.35. The summed E-state index contributed by atoms with van der Waals surface area (Å²) in [6, 6.07) is 2.81. The Labute approximate surface area is 124 Å². The van der Waals surface area contributed by atoms with E-state index in [9.17, 15) is 0 Å². The van der Waals surface area contributed by atoms with Crippen molar-refractivity contribution in [1.29, 1.82) is 0 Å². The number of hydrogen-bond acceptors (Lipinski definition) is 4. The minimum Gasteiger partial charge on any atom is -0.440 e. The lowest BCUT2D eigenvalue weighted by atomic mass is 9.99. The monoisotopic (exact) mass is 290 g/mol. The van der Waals surface area contributed by atoms with Crippen LogP contribution in [0.2, 0.25) is 0 Å². The standard InChI is InChI=1S/C16H22N2OS/c1-11(2)17-8-7-16-18-10-13(19-16)15-9-12-5-3-4-6-14(12)20-15/h9-11,17H,3-8H2,1-2H3. The molecular weight excluding hydrogens is 268 g/mol. The van der Waals surface area contributed by atoms with Crippen molar-refractivity contribution in [3.05, 3.63) is 28.6 Å². The molecule has 2 aromatic rings. The van der Waals surface area contributed by atoms with Crippen molar-refractivity contribution in [2.75, 3.05) is 6.54 Å². The fourth-order valence-electron chi connectivity index (χ4n) is 2.62. The third-order valence-corrected chi connectivity index (χ3v) is 4.94. The second kappa shape index (κ2) is 6.10. The van der Waals surface area contributed by atoms with Crippen molar-refractivity contribution in [3.8, 4) is 10.6 Å². The van der Waals surface area contributed by atoms with E-state index < -0.39 is 0 Å². The summed E-state index contributed by atoms with van der Waals surface area (Å²) in [6.07, 6.45) is 7.84. The Morgan fingerprint density at radius 3 is 3.00 bits per heavy atom. The number of nitrogens with zero attached hydrogens (tertiary/aromatic N) is 1. The highest BCUT2D eigenvalue weighted by Gasteiger charge is 2.16. The van der Waals surface area contributed by atoms with E-state index >= 15 is 0 Å². The number of fused-ring (bicyclic) bond motifs is 1. The van der Waals surface area contributed by atoms with Gasteiger partial charge in [0.25, 0.3) is 0 Å². The zero-order valence-corrected chi connectivity index (χ0v) is 13.1. The molecule has 0 radical (unpaired) electrons. The maximum absolute atomic E-state index is 5.89. The molecule has 4 heteroatoms. The van der Waals surface area contributed by atoms with Crippen LogP contribution in [0.15, 0.2) is 16.7 Å². The Kier molecular flexibility index (Phi) is 4.22. The minimum atomic E-state index is 0.508. The van der Waals surface area contributed by atoms with Gasteiger partial charge in [0.05, 0.1) is 11.1 Å². The van der Waals surface area contributed by atoms with E-state index in [4.69, 9.17) is 4.42 Å². The Morgan fingerprint density at radius 1 is 1.35 bits per heavy atom. The maximum Gasteiger partial charge on any atom is 0.196 e. The van der Waals surface area contributed by atoms with E-state index in [1.165, 1.54) is 36.1 Å². The molecular formula is C16H22N2OS. The molecule has 0 saturated carbocycles. The molecule has 1 aliphatic carbocycles. The van der Waals surface area contributed by atoms with Gasteiger partial charge in [0.15, 0.2) is 11.7 Å². The van der Waals surface area contributed by atoms with Crippen LogP contribution in [-0.4, -0.2) is 17.6 Å². The van der Waals surface area contributed by atoms with Crippen LogP contribution in [0.5, 0.6) is 0 Å². The second-order valence-electron chi connectivity index (χ2n) is 5.74. The largest absolute Gasteiger partial charge is 0.440 e. The lowest BCUT2D eigenvalue weighted by molar-refractivity contribution is 0.485. The predicted octanol–water partition coefficient (Wildman–Crippen LogP) is 3.82. The number of aryl methyl sites for hydroxylation is 2. The van der Waals surface area contributed by atoms with Gasteiger partial charge in [-0.25, -0.2) is 4.98 Å². The molecule has 0 unspecified atom stereocenters. The summed E-state index contributed by atoms with van der Waals surface area (Å²) in [5.74, 6) is 1.77. The Morgan fingerprint density at radius 2 is 2.20 bits per heavy atom. The molecule has 2 aromatic heterocycles. The molecule has 0 atom stereocenters. The first-order valence-electron chi connectivity index (χ1n) is 7.52. The summed E-state index contributed by atoms with van der Waals surface area (Å²) in [4.78, 5) is 7.19. The third-order valence-electron chi connectivity index (χ3n) is 3.68. The molecule has 3 rings (SSSR count). The van der Waals surface area contributed by atoms with Crippen LogP contribution >= 0.6 is 11.3 Å². The van der Waals surface area contributed by atoms with Crippen LogP contribution in [0, 0.1) is 0 Å². The molecule has 0 amide bonds. The van der Waals surface area contributed by atoms with Gasteiger partial charge in [-0.1, -0.05) is 13.8 Å². The molecule has 0 saturated heterocycles. The van der Waals surface area contributed by atoms with Crippen LogP contribution in [0.4, 0.5) is 0 Å². The zero-order chi connectivity index (χ0) is 13.9. The number of oxazole rings is 1. The number of rotatable bonds is 5. The molecule has 1 N–H and O–H groups in total. The SMILES string of the molecule is CC(C)NCCc1ncc(-c2cc3c(s2)CCCC3)o1. The van der Waals surface area contributed by atoms with Gasteiger partial charge in [-0.15, -0.1) is 11.3 Å². The van der Waals surface area contributed by atoms with Gasteiger partial charge < -0.3 is 9.73 Å². The number of aromatic nitrogens is 1. The Bertz CT molecular complexity index is 547. The van der Waals surface area contributed by atoms with Gasteiger partial charge in [0.1, 0.15) is 0 Å². The van der Waals surface area contributed by atoms with E-state index in [0.717, 1.165) is 24.6 Å². The highest BCUT2D eigenvalue weighted by atomic mass is 32.1. The molecule has 0 spiro atoms. The van der Waals surface area contributed by atoms with Crippen LogP contribution in [-0.2, 0) is 19.3 Å². The molecule has 20 heavy (non-hydrogen) atoms. The summed E-state index contributed by atoms with van der Waals surface area (Å²) >= 11 is 1.88. The van der Waals surface area contributed by atoms with Gasteiger partial charge in [0, 0.05) is 23.9 Å². The fraction of sp³-hybridized carbons (Fsp3) is 0.562. The van der Waals surface area contributed by atoms with Gasteiger partial charge in [0.2, 0.25) is 0 Å². The van der Waals surface area contributed by atoms with E-state index in [2.05, 4.69) is 30.2 Å². The lowest BCUT2D eigenvalue weighted by Crippen LogP contribution is -2.24. The number of hydrogen-bond donors (Lipinski definition) is 1. The fourth-order valence-corrected chi connectivity index (χ4v) is 3.82. The summed E-state index contributed by atoms with van der Waals surface area (Å²) in [6.45, 7) is 5.22. The molecule has 0 fully saturated rings. The van der Waals surface area contributed by atoms with Crippen LogP contribution < -0.4 is 5.32 Å². The van der Waals surface area contributed by atoms with Crippen molar-refractivity contribution >= 4 is 11.3 Å². The van der Waals surface area contributed by atoms with Crippen molar-refractivity contribution in [3.63, 3.8) is 0 Å². The predicted molar refractivity (Wildman–Crippen MR) is 83.3 cm³/mol. The Hall–Kier alpha value is -1.13. The molecule has 2 heterocycles. The van der Waals surface area contributed by atoms with Gasteiger partial charge >= 0.3 is 0 Å².